The van der Waals surface area contributed by atoms with Gasteiger partial charge in [0, 0.05) is 17.7 Å². The highest BCUT2D eigenvalue weighted by Gasteiger charge is 2.63. The van der Waals surface area contributed by atoms with Crippen LogP contribution in [0.2, 0.25) is 5.02 Å². The summed E-state index contributed by atoms with van der Waals surface area (Å²) in [6.07, 6.45) is 3.38. The van der Waals surface area contributed by atoms with Crippen molar-refractivity contribution < 1.29 is 26.9 Å². The molecular weight excluding hydrogens is 496 g/mol. The predicted molar refractivity (Wildman–Crippen MR) is 134 cm³/mol. The lowest BCUT2D eigenvalue weighted by Gasteiger charge is -2.14. The standard InChI is InChI=1S/C25H31ClO6S2/c1-14-21-16(13-17-22(21)25(17,2)3)24(33-14)19(27)8-7-15-11-18(26)23(20(12-15)30-4)31-9-6-10-32-34(5,28)29/h11-12,17,22H,6-10,13H2,1-5H3/t17-,22-/m1/s1. The lowest BCUT2D eigenvalue weighted by Crippen LogP contribution is -2.08. The van der Waals surface area contributed by atoms with E-state index in [4.69, 9.17) is 25.3 Å². The van der Waals surface area contributed by atoms with E-state index in [1.807, 2.05) is 6.07 Å². The molecule has 0 N–H and O–H groups in total. The second kappa shape index (κ2) is 9.45. The highest BCUT2D eigenvalue weighted by molar-refractivity contribution is 7.85. The number of hydrogen-bond acceptors (Lipinski definition) is 7. The number of hydrogen-bond donors (Lipinski definition) is 0. The average molecular weight is 527 g/mol. The molecule has 2 aromatic rings. The van der Waals surface area contributed by atoms with Crippen molar-refractivity contribution in [3.8, 4) is 11.5 Å². The summed E-state index contributed by atoms with van der Waals surface area (Å²) >= 11 is 8.09. The van der Waals surface area contributed by atoms with E-state index in [0.29, 0.717) is 53.0 Å². The van der Waals surface area contributed by atoms with Gasteiger partial charge in [0.25, 0.3) is 10.1 Å². The molecule has 0 unspecified atom stereocenters. The van der Waals surface area contributed by atoms with Gasteiger partial charge in [-0.1, -0.05) is 25.4 Å². The van der Waals surface area contributed by atoms with E-state index >= 15 is 0 Å². The molecule has 0 bridgehead atoms. The van der Waals surface area contributed by atoms with Crippen LogP contribution in [0.15, 0.2) is 12.1 Å². The molecule has 2 aliphatic carbocycles. The van der Waals surface area contributed by atoms with Gasteiger partial charge in [0.2, 0.25) is 0 Å². The monoisotopic (exact) mass is 526 g/mol. The Morgan fingerprint density at radius 3 is 2.68 bits per heavy atom. The summed E-state index contributed by atoms with van der Waals surface area (Å²) in [5.41, 5.74) is 4.01. The van der Waals surface area contributed by atoms with Gasteiger partial charge >= 0.3 is 0 Å². The zero-order valence-electron chi connectivity index (χ0n) is 20.2. The molecular formula is C25H31ClO6S2. The number of rotatable bonds is 11. The maximum atomic E-state index is 13.1. The summed E-state index contributed by atoms with van der Waals surface area (Å²) in [5, 5.41) is 0.390. The first-order chi connectivity index (χ1) is 15.9. The summed E-state index contributed by atoms with van der Waals surface area (Å²) in [6.45, 7) is 7.07. The third kappa shape index (κ3) is 5.01. The Bertz CT molecular complexity index is 1210. The Morgan fingerprint density at radius 2 is 2.00 bits per heavy atom. The molecule has 9 heteroatoms. The normalized spacial score (nSPS) is 20.1. The van der Waals surface area contributed by atoms with Gasteiger partial charge in [0.05, 0.1) is 36.5 Å². The molecule has 0 saturated heterocycles. The SMILES string of the molecule is COc1cc(CCC(=O)c2sc(C)c3c2C[C@@H]2[C@H]3C2(C)C)cc(Cl)c1OCCCOS(C)(=O)=O. The van der Waals surface area contributed by atoms with Crippen molar-refractivity contribution in [3.05, 3.63) is 43.6 Å². The number of halogens is 1. The number of carbonyl (C=O) groups excluding carboxylic acids is 1. The highest BCUT2D eigenvalue weighted by atomic mass is 35.5. The van der Waals surface area contributed by atoms with Crippen molar-refractivity contribution in [3.63, 3.8) is 0 Å². The van der Waals surface area contributed by atoms with E-state index < -0.39 is 10.1 Å². The van der Waals surface area contributed by atoms with Gasteiger partial charge in [-0.25, -0.2) is 0 Å². The highest BCUT2D eigenvalue weighted by Crippen LogP contribution is 2.71. The van der Waals surface area contributed by atoms with Crippen LogP contribution in [0.4, 0.5) is 0 Å². The van der Waals surface area contributed by atoms with Crippen LogP contribution in [0, 0.1) is 18.3 Å². The number of methoxy groups -OCH3 is 1. The van der Waals surface area contributed by atoms with Gasteiger partial charge in [-0.3, -0.25) is 8.98 Å². The van der Waals surface area contributed by atoms with E-state index in [0.717, 1.165) is 23.1 Å². The van der Waals surface area contributed by atoms with Gasteiger partial charge in [-0.05, 0) is 65.8 Å². The zero-order valence-corrected chi connectivity index (χ0v) is 22.6. The molecule has 0 radical (unpaired) electrons. The second-order valence-corrected chi connectivity index (χ2v) is 13.0. The Hall–Kier alpha value is -1.61. The van der Waals surface area contributed by atoms with E-state index in [2.05, 4.69) is 20.8 Å². The summed E-state index contributed by atoms with van der Waals surface area (Å²) in [5.74, 6) is 2.37. The Labute approximate surface area is 210 Å². The molecule has 1 aromatic heterocycles. The fraction of sp³-hybridized carbons (Fsp3) is 0.560. The van der Waals surface area contributed by atoms with Crippen LogP contribution in [0.1, 0.15) is 63.8 Å². The van der Waals surface area contributed by atoms with Crippen LogP contribution < -0.4 is 9.47 Å². The molecule has 1 aromatic carbocycles. The number of carbonyl (C=O) groups is 1. The van der Waals surface area contributed by atoms with Crippen LogP contribution in [0.3, 0.4) is 0 Å². The first kappa shape index (κ1) is 25.5. The number of ether oxygens (including phenoxy) is 2. The minimum Gasteiger partial charge on any atom is -0.493 e. The molecule has 2 aliphatic rings. The van der Waals surface area contributed by atoms with Gasteiger partial charge in [-0.2, -0.15) is 8.42 Å². The minimum absolute atomic E-state index is 0.0316. The first-order valence-electron chi connectivity index (χ1n) is 11.4. The molecule has 1 saturated carbocycles. The van der Waals surface area contributed by atoms with Gasteiger partial charge in [-0.15, -0.1) is 11.3 Å². The van der Waals surface area contributed by atoms with Crippen LogP contribution in [-0.4, -0.2) is 40.8 Å². The number of ketones is 1. The maximum absolute atomic E-state index is 13.1. The lowest BCUT2D eigenvalue weighted by molar-refractivity contribution is 0.0985. The Balaban J connectivity index is 1.38. The van der Waals surface area contributed by atoms with Gasteiger partial charge in [0.15, 0.2) is 17.3 Å². The maximum Gasteiger partial charge on any atom is 0.264 e. The van der Waals surface area contributed by atoms with E-state index in [1.165, 1.54) is 23.1 Å². The fourth-order valence-electron chi connectivity index (χ4n) is 5.23. The summed E-state index contributed by atoms with van der Waals surface area (Å²) in [4.78, 5) is 15.4. The van der Waals surface area contributed by atoms with Crippen molar-refractivity contribution in [1.29, 1.82) is 0 Å². The average Bonchev–Trinajstić information content (AvgIpc) is 3.08. The van der Waals surface area contributed by atoms with Crippen molar-refractivity contribution in [2.45, 2.75) is 52.4 Å². The molecule has 0 spiro atoms. The number of fused-ring (bicyclic) bond motifs is 3. The molecule has 0 amide bonds. The van der Waals surface area contributed by atoms with Gasteiger partial charge < -0.3 is 9.47 Å². The number of Topliss-reactive ketones (excluding diaryl/α,β-unsaturated/α-hetero) is 1. The van der Waals surface area contributed by atoms with Crippen LogP contribution in [0.5, 0.6) is 11.5 Å². The smallest absolute Gasteiger partial charge is 0.264 e. The lowest BCUT2D eigenvalue weighted by atomic mass is 9.94. The van der Waals surface area contributed by atoms with Crippen molar-refractivity contribution >= 4 is 38.8 Å². The number of thiophene rings is 1. The third-order valence-electron chi connectivity index (χ3n) is 7.03. The zero-order chi connectivity index (χ0) is 24.8. The van der Waals surface area contributed by atoms with Crippen LogP contribution >= 0.6 is 22.9 Å². The van der Waals surface area contributed by atoms with Crippen LogP contribution in [-0.2, 0) is 27.1 Å². The third-order valence-corrected chi connectivity index (χ3v) is 9.11. The second-order valence-electron chi connectivity index (χ2n) is 9.75. The van der Waals surface area contributed by atoms with E-state index in [9.17, 15) is 13.2 Å². The summed E-state index contributed by atoms with van der Waals surface area (Å²) in [7, 11) is -1.94. The molecule has 2 atom stereocenters. The van der Waals surface area contributed by atoms with Crippen LogP contribution in [0.25, 0.3) is 0 Å². The minimum atomic E-state index is -3.47. The fourth-order valence-corrected chi connectivity index (χ4v) is 7.14. The van der Waals surface area contributed by atoms with E-state index in [1.54, 1.807) is 17.4 Å². The predicted octanol–water partition coefficient (Wildman–Crippen LogP) is 5.57. The molecule has 0 aliphatic heterocycles. The quantitative estimate of drug-likeness (QED) is 0.216. The summed E-state index contributed by atoms with van der Waals surface area (Å²) in [6, 6.07) is 3.63. The van der Waals surface area contributed by atoms with Gasteiger partial charge in [0.1, 0.15) is 0 Å². The topological polar surface area (TPSA) is 78.9 Å². The Kier molecular flexibility index (Phi) is 7.08. The van der Waals surface area contributed by atoms with Crippen molar-refractivity contribution in [2.24, 2.45) is 11.3 Å². The summed E-state index contributed by atoms with van der Waals surface area (Å²) < 4.78 is 37.9. The molecule has 186 valence electrons. The number of benzene rings is 1. The molecule has 34 heavy (non-hydrogen) atoms. The molecule has 6 nitrogen and oxygen atoms in total. The first-order valence-corrected chi connectivity index (χ1v) is 14.4. The largest absolute Gasteiger partial charge is 0.493 e. The van der Waals surface area contributed by atoms with Crippen molar-refractivity contribution in [1.82, 2.24) is 0 Å². The number of aryl methyl sites for hydroxylation is 2. The molecule has 4 rings (SSSR count). The molecule has 1 fully saturated rings. The van der Waals surface area contributed by atoms with Crippen molar-refractivity contribution in [2.75, 3.05) is 26.6 Å². The Morgan fingerprint density at radius 1 is 1.26 bits per heavy atom. The molecule has 1 heterocycles. The van der Waals surface area contributed by atoms with E-state index in [-0.39, 0.29) is 19.0 Å².